The first-order chi connectivity index (χ1) is 34.6. The third-order valence-electron chi connectivity index (χ3n) is 11.3. The summed E-state index contributed by atoms with van der Waals surface area (Å²) in [6.45, 7) is 3.98. The molecule has 1 unspecified atom stereocenters. The minimum atomic E-state index is -0.800. The third-order valence-corrected chi connectivity index (χ3v) is 11.3. The van der Waals surface area contributed by atoms with Gasteiger partial charge in [0.1, 0.15) is 6.61 Å². The Morgan fingerprint density at radius 1 is 0.343 bits per heavy atom. The number of hydrogen-bond donors (Lipinski definition) is 1. The number of allylic oxidation sites excluding steroid dienone is 26. The van der Waals surface area contributed by atoms with Crippen LogP contribution in [0.2, 0.25) is 0 Å². The SMILES string of the molecule is CC/C=C\C/C=C\C/C=C\C/C=C\C/C=C\C/C=C\C/C=C\C/C=C\C/C=C\C/C=C\C/C=C\C/C=C\CCCCCCC(=O)OC(CO)COC(=O)CCCCCCC/C=C\CCCCCCCC. The molecule has 1 atom stereocenters. The lowest BCUT2D eigenvalue weighted by molar-refractivity contribution is -0.161. The van der Waals surface area contributed by atoms with E-state index in [1.165, 1.54) is 57.8 Å². The Bertz CT molecular complexity index is 1560. The average Bonchev–Trinajstić information content (AvgIpc) is 3.36. The molecule has 0 saturated carbocycles. The van der Waals surface area contributed by atoms with Gasteiger partial charge in [-0.25, -0.2) is 0 Å². The third kappa shape index (κ3) is 56.1. The highest BCUT2D eigenvalue weighted by atomic mass is 16.6. The summed E-state index contributed by atoms with van der Waals surface area (Å²) >= 11 is 0. The van der Waals surface area contributed by atoms with Gasteiger partial charge in [-0.2, -0.15) is 0 Å². The molecule has 0 aliphatic heterocycles. The number of carbonyl (C=O) groups excluding carboxylic acids is 2. The van der Waals surface area contributed by atoms with Crippen molar-refractivity contribution in [2.75, 3.05) is 13.2 Å². The molecule has 0 radical (unpaired) electrons. The first-order valence-corrected chi connectivity index (χ1v) is 28.0. The molecule has 1 N–H and O–H groups in total. The highest BCUT2D eigenvalue weighted by molar-refractivity contribution is 5.70. The maximum Gasteiger partial charge on any atom is 0.306 e. The van der Waals surface area contributed by atoms with Crippen molar-refractivity contribution in [2.45, 2.75) is 225 Å². The van der Waals surface area contributed by atoms with Crippen LogP contribution in [0.3, 0.4) is 0 Å². The molecular formula is C65H102O5. The zero-order chi connectivity index (χ0) is 50.6. The van der Waals surface area contributed by atoms with E-state index in [-0.39, 0.29) is 25.2 Å². The van der Waals surface area contributed by atoms with Crippen LogP contribution in [-0.2, 0) is 19.1 Å². The summed E-state index contributed by atoms with van der Waals surface area (Å²) < 4.78 is 10.6. The van der Waals surface area contributed by atoms with Crippen molar-refractivity contribution in [3.8, 4) is 0 Å². The Morgan fingerprint density at radius 2 is 0.614 bits per heavy atom. The number of esters is 2. The topological polar surface area (TPSA) is 72.8 Å². The fourth-order valence-corrected chi connectivity index (χ4v) is 7.12. The van der Waals surface area contributed by atoms with Crippen LogP contribution >= 0.6 is 0 Å². The van der Waals surface area contributed by atoms with Crippen molar-refractivity contribution >= 4 is 11.9 Å². The molecule has 0 aliphatic carbocycles. The number of ether oxygens (including phenoxy) is 2. The van der Waals surface area contributed by atoms with Crippen LogP contribution in [0.25, 0.3) is 0 Å². The lowest BCUT2D eigenvalue weighted by Crippen LogP contribution is -2.28. The fraction of sp³-hybridized carbons (Fsp3) is 0.569. The predicted octanol–water partition coefficient (Wildman–Crippen LogP) is 19.2. The molecule has 5 heteroatoms. The quantitative estimate of drug-likeness (QED) is 0.0374. The average molecular weight is 964 g/mol. The summed E-state index contributed by atoms with van der Waals surface area (Å²) in [7, 11) is 0. The van der Waals surface area contributed by atoms with Crippen LogP contribution in [0.1, 0.15) is 219 Å². The van der Waals surface area contributed by atoms with E-state index in [0.29, 0.717) is 12.8 Å². The van der Waals surface area contributed by atoms with Gasteiger partial charge in [-0.3, -0.25) is 9.59 Å². The normalized spacial score (nSPS) is 13.5. The van der Waals surface area contributed by atoms with Crippen molar-refractivity contribution in [3.05, 3.63) is 158 Å². The minimum absolute atomic E-state index is 0.0895. The predicted molar refractivity (Wildman–Crippen MR) is 306 cm³/mol. The van der Waals surface area contributed by atoms with Crippen LogP contribution < -0.4 is 0 Å². The maximum atomic E-state index is 12.3. The number of aliphatic hydroxyl groups excluding tert-OH is 1. The maximum absolute atomic E-state index is 12.3. The van der Waals surface area contributed by atoms with E-state index in [0.717, 1.165) is 135 Å². The standard InChI is InChI=1S/C65H102O5/c1-3-5-7-9-11-13-15-17-19-20-21-22-23-24-25-26-27-28-29-30-31-32-33-34-35-36-37-38-39-40-41-42-43-44-46-48-50-52-54-56-58-60-65(68)70-63(61-66)62-69-64(67)59-57-55-53-51-49-47-45-18-16-14-12-10-8-6-4-2/h5,7,11,13,17-19,21-22,24-25,27-28,30-31,33-34,36-37,39-40,42-43,45-46,48,63,66H,3-4,6,8-10,12,14-16,20,23,26,29,32,35,38,41,44,47,49-62H2,1-2H3/b7-5-,13-11-,19-17-,22-21-,25-24-,28-27-,31-30-,34-33-,37-36-,40-39-,43-42-,45-18-,48-46-. The number of rotatable bonds is 49. The molecule has 0 aromatic carbocycles. The van der Waals surface area contributed by atoms with Gasteiger partial charge in [0.2, 0.25) is 0 Å². The zero-order valence-corrected chi connectivity index (χ0v) is 44.7. The van der Waals surface area contributed by atoms with Crippen LogP contribution in [0.4, 0.5) is 0 Å². The van der Waals surface area contributed by atoms with Gasteiger partial charge in [0, 0.05) is 12.8 Å². The van der Waals surface area contributed by atoms with E-state index in [2.05, 4.69) is 172 Å². The second-order valence-corrected chi connectivity index (χ2v) is 17.9. The smallest absolute Gasteiger partial charge is 0.306 e. The van der Waals surface area contributed by atoms with Crippen molar-refractivity contribution in [1.82, 2.24) is 0 Å². The second kappa shape index (κ2) is 58.8. The van der Waals surface area contributed by atoms with Crippen molar-refractivity contribution < 1.29 is 24.2 Å². The molecule has 0 rings (SSSR count). The summed E-state index contributed by atoms with van der Waals surface area (Å²) in [6, 6.07) is 0. The molecule has 0 saturated heterocycles. The summed E-state index contributed by atoms with van der Waals surface area (Å²) in [5.74, 6) is -0.640. The Hall–Kier alpha value is -4.48. The van der Waals surface area contributed by atoms with E-state index in [9.17, 15) is 14.7 Å². The van der Waals surface area contributed by atoms with Gasteiger partial charge in [0.15, 0.2) is 6.10 Å². The van der Waals surface area contributed by atoms with Crippen LogP contribution in [0.5, 0.6) is 0 Å². The molecule has 0 bridgehead atoms. The Labute approximate surface area is 430 Å². The van der Waals surface area contributed by atoms with Gasteiger partial charge in [-0.15, -0.1) is 0 Å². The van der Waals surface area contributed by atoms with E-state index < -0.39 is 6.10 Å². The lowest BCUT2D eigenvalue weighted by Gasteiger charge is -2.15. The Morgan fingerprint density at radius 3 is 0.943 bits per heavy atom. The highest BCUT2D eigenvalue weighted by Crippen LogP contribution is 2.12. The van der Waals surface area contributed by atoms with Gasteiger partial charge in [-0.1, -0.05) is 236 Å². The second-order valence-electron chi connectivity index (χ2n) is 17.9. The first kappa shape index (κ1) is 65.5. The van der Waals surface area contributed by atoms with E-state index in [4.69, 9.17) is 9.47 Å². The van der Waals surface area contributed by atoms with Gasteiger partial charge < -0.3 is 14.6 Å². The summed E-state index contributed by atoms with van der Waals surface area (Å²) in [5, 5.41) is 9.62. The van der Waals surface area contributed by atoms with Crippen molar-refractivity contribution in [1.29, 1.82) is 0 Å². The van der Waals surface area contributed by atoms with Crippen molar-refractivity contribution in [3.63, 3.8) is 0 Å². The number of hydrogen-bond acceptors (Lipinski definition) is 5. The first-order valence-electron chi connectivity index (χ1n) is 28.0. The minimum Gasteiger partial charge on any atom is -0.462 e. The van der Waals surface area contributed by atoms with Crippen LogP contribution in [0, 0.1) is 0 Å². The molecule has 0 aromatic rings. The van der Waals surface area contributed by atoms with E-state index in [1.807, 2.05) is 0 Å². The molecule has 0 fully saturated rings. The molecular weight excluding hydrogens is 861 g/mol. The molecule has 0 heterocycles. The summed E-state index contributed by atoms with van der Waals surface area (Å²) in [6.07, 6.45) is 90.6. The number of aliphatic hydroxyl groups is 1. The number of carbonyl (C=O) groups is 2. The number of unbranched alkanes of at least 4 members (excludes halogenated alkanes) is 15. The van der Waals surface area contributed by atoms with Gasteiger partial charge >= 0.3 is 11.9 Å². The van der Waals surface area contributed by atoms with Gasteiger partial charge in [0.05, 0.1) is 6.61 Å². The molecule has 0 amide bonds. The summed E-state index contributed by atoms with van der Waals surface area (Å²) in [5.41, 5.74) is 0. The largest absolute Gasteiger partial charge is 0.462 e. The molecule has 0 spiro atoms. The van der Waals surface area contributed by atoms with E-state index in [1.54, 1.807) is 0 Å². The van der Waals surface area contributed by atoms with Crippen molar-refractivity contribution in [2.24, 2.45) is 0 Å². The molecule has 0 aliphatic rings. The van der Waals surface area contributed by atoms with Gasteiger partial charge in [-0.05, 0) is 128 Å². The van der Waals surface area contributed by atoms with E-state index >= 15 is 0 Å². The Kier molecular flexibility index (Phi) is 55.1. The Balaban J connectivity index is 3.69. The molecule has 392 valence electrons. The monoisotopic (exact) mass is 963 g/mol. The fourth-order valence-electron chi connectivity index (χ4n) is 7.12. The zero-order valence-electron chi connectivity index (χ0n) is 44.7. The molecule has 5 nitrogen and oxygen atoms in total. The lowest BCUT2D eigenvalue weighted by atomic mass is 10.1. The highest BCUT2D eigenvalue weighted by Gasteiger charge is 2.16. The molecule has 70 heavy (non-hydrogen) atoms. The summed E-state index contributed by atoms with van der Waals surface area (Å²) in [4.78, 5) is 24.4. The molecule has 0 aromatic heterocycles. The van der Waals surface area contributed by atoms with Gasteiger partial charge in [0.25, 0.3) is 0 Å². The van der Waals surface area contributed by atoms with Crippen LogP contribution in [0.15, 0.2) is 158 Å². The van der Waals surface area contributed by atoms with Crippen LogP contribution in [-0.4, -0.2) is 36.4 Å².